The molecule has 0 aromatic carbocycles. The van der Waals surface area contributed by atoms with E-state index in [1.54, 1.807) is 0 Å². The Labute approximate surface area is 75.3 Å². The molecule has 5 nitrogen and oxygen atoms in total. The quantitative estimate of drug-likeness (QED) is 0.506. The lowest BCUT2D eigenvalue weighted by Crippen LogP contribution is -2.24. The molecule has 13 heavy (non-hydrogen) atoms. The van der Waals surface area contributed by atoms with Crippen LogP contribution in [0.25, 0.3) is 0 Å². The number of nitrogens with one attached hydrogen (secondary N) is 1. The number of nitrogens with zero attached hydrogens (tertiary/aromatic N) is 1. The Morgan fingerprint density at radius 3 is 3.15 bits per heavy atom. The van der Waals surface area contributed by atoms with Crippen LogP contribution in [-0.4, -0.2) is 17.6 Å². The molecule has 1 amide bonds. The fourth-order valence-corrected chi connectivity index (χ4v) is 0.735. The second-order valence-electron chi connectivity index (χ2n) is 2.32. The molecule has 0 aliphatic carbocycles. The largest absolute Gasteiger partial charge is 0.368 e. The maximum absolute atomic E-state index is 11.2. The summed E-state index contributed by atoms with van der Waals surface area (Å²) in [4.78, 5) is 11.2. The Morgan fingerprint density at radius 1 is 1.85 bits per heavy atom. The number of terminal acetylenes is 1. The molecular formula is C8H9N3O2. The van der Waals surface area contributed by atoms with Gasteiger partial charge in [-0.15, -0.1) is 12.3 Å². The van der Waals surface area contributed by atoms with E-state index < -0.39 is 0 Å². The first kappa shape index (κ1) is 9.13. The van der Waals surface area contributed by atoms with Gasteiger partial charge in [0.15, 0.2) is 5.69 Å². The van der Waals surface area contributed by atoms with E-state index in [-0.39, 0.29) is 17.5 Å². The molecule has 3 N–H and O–H groups in total. The van der Waals surface area contributed by atoms with E-state index >= 15 is 0 Å². The normalized spacial score (nSPS) is 9.15. The molecule has 0 spiro atoms. The van der Waals surface area contributed by atoms with Crippen LogP contribution in [0.15, 0.2) is 10.6 Å². The fraction of sp³-hybridized carbons (Fsp3) is 0.250. The highest BCUT2D eigenvalue weighted by atomic mass is 16.5. The third kappa shape index (κ3) is 2.52. The minimum Gasteiger partial charge on any atom is -0.368 e. The van der Waals surface area contributed by atoms with Crippen molar-refractivity contribution in [2.24, 2.45) is 0 Å². The lowest BCUT2D eigenvalue weighted by atomic mass is 10.3. The van der Waals surface area contributed by atoms with Crippen LogP contribution in [-0.2, 0) is 0 Å². The van der Waals surface area contributed by atoms with Gasteiger partial charge in [0.25, 0.3) is 5.91 Å². The molecule has 0 radical (unpaired) electrons. The molecular weight excluding hydrogens is 170 g/mol. The monoisotopic (exact) mass is 179 g/mol. The van der Waals surface area contributed by atoms with Gasteiger partial charge in [0.1, 0.15) is 0 Å². The number of amides is 1. The number of nitrogen functional groups attached to an aromatic ring is 1. The molecule has 1 heterocycles. The SMILES string of the molecule is C#CCCNC(=O)c1cc(N)on1. The van der Waals surface area contributed by atoms with Crippen molar-refractivity contribution in [3.63, 3.8) is 0 Å². The fourth-order valence-electron chi connectivity index (χ4n) is 0.735. The van der Waals surface area contributed by atoms with Gasteiger partial charge in [-0.2, -0.15) is 0 Å². The number of nitrogens with two attached hydrogens (primary N) is 1. The third-order valence-corrected chi connectivity index (χ3v) is 1.32. The van der Waals surface area contributed by atoms with Crippen LogP contribution in [0.1, 0.15) is 16.9 Å². The summed E-state index contributed by atoms with van der Waals surface area (Å²) in [6.45, 7) is 0.419. The predicted molar refractivity (Wildman–Crippen MR) is 46.7 cm³/mol. The minimum absolute atomic E-state index is 0.113. The van der Waals surface area contributed by atoms with Crippen LogP contribution in [0.3, 0.4) is 0 Å². The van der Waals surface area contributed by atoms with Gasteiger partial charge in [0.2, 0.25) is 5.88 Å². The highest BCUT2D eigenvalue weighted by Gasteiger charge is 2.09. The van der Waals surface area contributed by atoms with E-state index in [9.17, 15) is 4.79 Å². The molecule has 1 aromatic heterocycles. The number of hydrogen-bond acceptors (Lipinski definition) is 4. The minimum atomic E-state index is -0.337. The zero-order valence-corrected chi connectivity index (χ0v) is 6.91. The zero-order valence-electron chi connectivity index (χ0n) is 6.91. The van der Waals surface area contributed by atoms with Crippen molar-refractivity contribution in [2.75, 3.05) is 12.3 Å². The Kier molecular flexibility index (Phi) is 2.92. The van der Waals surface area contributed by atoms with Crippen LogP contribution in [0.2, 0.25) is 0 Å². The summed E-state index contributed by atoms with van der Waals surface area (Å²) in [5, 5.41) is 5.98. The number of carbonyl (C=O) groups excluding carboxylic acids is 1. The van der Waals surface area contributed by atoms with Crippen molar-refractivity contribution in [1.82, 2.24) is 10.5 Å². The highest BCUT2D eigenvalue weighted by molar-refractivity contribution is 5.92. The van der Waals surface area contributed by atoms with Gasteiger partial charge < -0.3 is 15.6 Å². The van der Waals surface area contributed by atoms with Crippen LogP contribution < -0.4 is 11.1 Å². The Morgan fingerprint density at radius 2 is 2.62 bits per heavy atom. The van der Waals surface area contributed by atoms with Crippen molar-refractivity contribution >= 4 is 11.8 Å². The van der Waals surface area contributed by atoms with E-state index in [0.29, 0.717) is 13.0 Å². The number of hydrogen-bond donors (Lipinski definition) is 2. The molecule has 0 saturated heterocycles. The van der Waals surface area contributed by atoms with Gasteiger partial charge in [-0.3, -0.25) is 4.79 Å². The molecule has 0 fully saturated rings. The summed E-state index contributed by atoms with van der Waals surface area (Å²) in [6, 6.07) is 1.35. The van der Waals surface area contributed by atoms with Crippen LogP contribution in [0.5, 0.6) is 0 Å². The average molecular weight is 179 g/mol. The molecule has 0 atom stereocenters. The molecule has 0 unspecified atom stereocenters. The first-order valence-electron chi connectivity index (χ1n) is 3.68. The Hall–Kier alpha value is -1.96. The summed E-state index contributed by atoms with van der Waals surface area (Å²) in [5.41, 5.74) is 5.39. The van der Waals surface area contributed by atoms with Gasteiger partial charge in [0, 0.05) is 19.0 Å². The van der Waals surface area contributed by atoms with Crippen molar-refractivity contribution in [2.45, 2.75) is 6.42 Å². The topological polar surface area (TPSA) is 81.2 Å². The first-order valence-corrected chi connectivity index (χ1v) is 3.68. The van der Waals surface area contributed by atoms with Crippen molar-refractivity contribution < 1.29 is 9.32 Å². The van der Waals surface area contributed by atoms with Gasteiger partial charge in [-0.1, -0.05) is 5.16 Å². The lowest BCUT2D eigenvalue weighted by molar-refractivity contribution is 0.0945. The van der Waals surface area contributed by atoms with E-state index in [4.69, 9.17) is 12.2 Å². The Bertz CT molecular complexity index is 337. The third-order valence-electron chi connectivity index (χ3n) is 1.32. The van der Waals surface area contributed by atoms with Crippen molar-refractivity contribution in [3.05, 3.63) is 11.8 Å². The molecule has 1 rings (SSSR count). The van der Waals surface area contributed by atoms with Crippen LogP contribution >= 0.6 is 0 Å². The average Bonchev–Trinajstić information content (AvgIpc) is 2.52. The second kappa shape index (κ2) is 4.16. The van der Waals surface area contributed by atoms with Crippen LogP contribution in [0, 0.1) is 12.3 Å². The van der Waals surface area contributed by atoms with Crippen molar-refractivity contribution in [3.8, 4) is 12.3 Å². The van der Waals surface area contributed by atoms with Gasteiger partial charge in [-0.25, -0.2) is 0 Å². The molecule has 1 aromatic rings. The maximum atomic E-state index is 11.2. The van der Waals surface area contributed by atoms with Gasteiger partial charge in [0.05, 0.1) is 0 Å². The second-order valence-corrected chi connectivity index (χ2v) is 2.32. The van der Waals surface area contributed by atoms with Gasteiger partial charge >= 0.3 is 0 Å². The zero-order chi connectivity index (χ0) is 9.68. The number of rotatable bonds is 3. The summed E-state index contributed by atoms with van der Waals surface area (Å²) in [6.07, 6.45) is 5.49. The number of aromatic nitrogens is 1. The molecule has 0 bridgehead atoms. The van der Waals surface area contributed by atoms with E-state index in [2.05, 4.69) is 20.9 Å². The Balaban J connectivity index is 2.45. The maximum Gasteiger partial charge on any atom is 0.273 e. The van der Waals surface area contributed by atoms with E-state index in [1.807, 2.05) is 0 Å². The van der Waals surface area contributed by atoms with Crippen molar-refractivity contribution in [1.29, 1.82) is 0 Å². The number of carbonyl (C=O) groups is 1. The molecule has 68 valence electrons. The summed E-state index contributed by atoms with van der Waals surface area (Å²) < 4.78 is 4.52. The molecule has 0 saturated carbocycles. The standard InChI is InChI=1S/C8H9N3O2/c1-2-3-4-10-8(12)6-5-7(9)13-11-6/h1,5H,3-4,9H2,(H,10,12). The lowest BCUT2D eigenvalue weighted by Gasteiger charge is -1.96. The van der Waals surface area contributed by atoms with E-state index in [1.165, 1.54) is 6.07 Å². The molecule has 0 aliphatic rings. The van der Waals surface area contributed by atoms with E-state index in [0.717, 1.165) is 0 Å². The predicted octanol–water partition coefficient (Wildman–Crippen LogP) is 0.00990. The smallest absolute Gasteiger partial charge is 0.273 e. The van der Waals surface area contributed by atoms with Crippen LogP contribution in [0.4, 0.5) is 5.88 Å². The molecule has 5 heteroatoms. The first-order chi connectivity index (χ1) is 6.24. The number of anilines is 1. The summed E-state index contributed by atoms with van der Waals surface area (Å²) >= 11 is 0. The highest BCUT2D eigenvalue weighted by Crippen LogP contribution is 2.03. The van der Waals surface area contributed by atoms with Gasteiger partial charge in [-0.05, 0) is 0 Å². The summed E-state index contributed by atoms with van der Waals surface area (Å²) in [5.74, 6) is 2.17. The summed E-state index contributed by atoms with van der Waals surface area (Å²) in [7, 11) is 0. The molecule has 0 aliphatic heterocycles.